The summed E-state index contributed by atoms with van der Waals surface area (Å²) in [6, 6.07) is 6.75. The van der Waals surface area contributed by atoms with Gasteiger partial charge >= 0.3 is 13.6 Å². The van der Waals surface area contributed by atoms with E-state index in [1.807, 2.05) is 0 Å². The first-order chi connectivity index (χ1) is 7.82. The van der Waals surface area contributed by atoms with Gasteiger partial charge < -0.3 is 20.6 Å². The topological polar surface area (TPSA) is 121 Å². The third-order valence-corrected chi connectivity index (χ3v) is 3.71. The van der Waals surface area contributed by atoms with Crippen LogP contribution >= 0.6 is 7.60 Å². The van der Waals surface area contributed by atoms with Gasteiger partial charge in [0.2, 0.25) is 0 Å². The Hall–Kier alpha value is -1.20. The summed E-state index contributed by atoms with van der Waals surface area (Å²) in [5.74, 6) is -1.28. The number of nitrogens with two attached hydrogens (primary N) is 1. The molecule has 0 radical (unpaired) electrons. The van der Waals surface area contributed by atoms with Gasteiger partial charge in [0.1, 0.15) is 6.04 Å². The van der Waals surface area contributed by atoms with Crippen molar-refractivity contribution in [2.75, 3.05) is 0 Å². The molecule has 0 fully saturated rings. The summed E-state index contributed by atoms with van der Waals surface area (Å²) in [7, 11) is -4.43. The standard InChI is InChI=1S/C10H14NO5P/c11-8(10(12)13)6-9(17(14,15)16)7-4-2-1-3-5-7/h1-5,8-9H,6,11H2,(H,12,13)(H2,14,15,16)/t8-,9+/m0/s1. The van der Waals surface area contributed by atoms with Crippen LogP contribution in [0.5, 0.6) is 0 Å². The van der Waals surface area contributed by atoms with Crippen LogP contribution in [0, 0.1) is 0 Å². The molecule has 0 spiro atoms. The number of carbonyl (C=O) groups is 1. The highest BCUT2D eigenvalue weighted by molar-refractivity contribution is 7.52. The maximum atomic E-state index is 11.3. The van der Waals surface area contributed by atoms with E-state index >= 15 is 0 Å². The zero-order chi connectivity index (χ0) is 13.1. The quantitative estimate of drug-likeness (QED) is 0.578. The Balaban J connectivity index is 2.98. The predicted molar refractivity (Wildman–Crippen MR) is 61.5 cm³/mol. The average Bonchev–Trinajstić information content (AvgIpc) is 2.25. The molecule has 6 nitrogen and oxygen atoms in total. The molecular formula is C10H14NO5P. The molecule has 0 unspecified atom stereocenters. The van der Waals surface area contributed by atoms with E-state index in [1.54, 1.807) is 30.3 Å². The molecule has 2 atom stereocenters. The van der Waals surface area contributed by atoms with E-state index in [2.05, 4.69) is 0 Å². The smallest absolute Gasteiger partial charge is 0.333 e. The van der Waals surface area contributed by atoms with Crippen LogP contribution in [0.15, 0.2) is 30.3 Å². The lowest BCUT2D eigenvalue weighted by molar-refractivity contribution is -0.138. The van der Waals surface area contributed by atoms with Crippen molar-refractivity contribution in [3.05, 3.63) is 35.9 Å². The lowest BCUT2D eigenvalue weighted by atomic mass is 10.1. The normalized spacial score (nSPS) is 15.2. The molecule has 0 amide bonds. The number of aliphatic carboxylic acids is 1. The fourth-order valence-corrected chi connectivity index (χ4v) is 2.55. The van der Waals surface area contributed by atoms with Crippen molar-refractivity contribution < 1.29 is 24.3 Å². The van der Waals surface area contributed by atoms with Crippen molar-refractivity contribution >= 4 is 13.6 Å². The minimum Gasteiger partial charge on any atom is -0.480 e. The first kappa shape index (κ1) is 13.9. The number of hydrogen-bond acceptors (Lipinski definition) is 3. The third kappa shape index (κ3) is 3.94. The Morgan fingerprint density at radius 3 is 2.24 bits per heavy atom. The second-order valence-corrected chi connectivity index (χ2v) is 5.50. The van der Waals surface area contributed by atoms with Gasteiger partial charge in [0.05, 0.1) is 5.66 Å². The maximum Gasteiger partial charge on any atom is 0.333 e. The Morgan fingerprint density at radius 1 is 1.29 bits per heavy atom. The van der Waals surface area contributed by atoms with Crippen LogP contribution < -0.4 is 5.73 Å². The van der Waals surface area contributed by atoms with Crippen molar-refractivity contribution in [2.45, 2.75) is 18.1 Å². The van der Waals surface area contributed by atoms with Crippen molar-refractivity contribution in [1.82, 2.24) is 0 Å². The second-order valence-electron chi connectivity index (χ2n) is 3.70. The van der Waals surface area contributed by atoms with E-state index in [-0.39, 0.29) is 6.42 Å². The number of benzene rings is 1. The Kier molecular flexibility index (Phi) is 4.42. The SMILES string of the molecule is N[C@@H](C[C@H](c1ccccc1)P(=O)(O)O)C(=O)O. The van der Waals surface area contributed by atoms with E-state index in [1.165, 1.54) is 0 Å². The molecule has 7 heteroatoms. The molecule has 1 rings (SSSR count). The van der Waals surface area contributed by atoms with Crippen LogP contribution in [0.25, 0.3) is 0 Å². The van der Waals surface area contributed by atoms with Crippen LogP contribution in [-0.4, -0.2) is 26.9 Å². The monoisotopic (exact) mass is 259 g/mol. The summed E-state index contributed by atoms with van der Waals surface area (Å²) < 4.78 is 11.3. The highest BCUT2D eigenvalue weighted by Crippen LogP contribution is 2.53. The van der Waals surface area contributed by atoms with Crippen LogP contribution in [0.4, 0.5) is 0 Å². The molecule has 0 saturated heterocycles. The molecule has 0 heterocycles. The summed E-state index contributed by atoms with van der Waals surface area (Å²) in [4.78, 5) is 29.1. The summed E-state index contributed by atoms with van der Waals surface area (Å²) in [5, 5.41) is 8.67. The molecule has 0 aliphatic heterocycles. The van der Waals surface area contributed by atoms with Crippen molar-refractivity contribution in [2.24, 2.45) is 5.73 Å². The second kappa shape index (κ2) is 5.42. The zero-order valence-corrected chi connectivity index (χ0v) is 9.83. The van der Waals surface area contributed by atoms with E-state index in [4.69, 9.17) is 10.8 Å². The van der Waals surface area contributed by atoms with Gasteiger partial charge in [-0.2, -0.15) is 0 Å². The molecule has 5 N–H and O–H groups in total. The summed E-state index contributed by atoms with van der Waals surface area (Å²) in [6.07, 6.45) is -0.302. The van der Waals surface area contributed by atoms with Crippen molar-refractivity contribution in [3.8, 4) is 0 Å². The number of carboxylic acid groups (broad SMARTS) is 1. The highest BCUT2D eigenvalue weighted by atomic mass is 31.2. The first-order valence-electron chi connectivity index (χ1n) is 4.91. The minimum atomic E-state index is -4.43. The molecule has 0 aromatic heterocycles. The Labute approximate surface area is 98.2 Å². The number of hydrogen-bond donors (Lipinski definition) is 4. The zero-order valence-electron chi connectivity index (χ0n) is 8.93. The van der Waals surface area contributed by atoms with E-state index in [0.29, 0.717) is 5.56 Å². The molecule has 0 aliphatic carbocycles. The molecule has 0 bridgehead atoms. The van der Waals surface area contributed by atoms with E-state index in [9.17, 15) is 19.1 Å². The van der Waals surface area contributed by atoms with Gasteiger partial charge in [-0.15, -0.1) is 0 Å². The summed E-state index contributed by atoms with van der Waals surface area (Å²) in [5.41, 5.74) is 4.51. The molecule has 0 saturated carbocycles. The van der Waals surface area contributed by atoms with Gasteiger partial charge in [-0.1, -0.05) is 30.3 Å². The fourth-order valence-electron chi connectivity index (χ4n) is 1.48. The fraction of sp³-hybridized carbons (Fsp3) is 0.300. The van der Waals surface area contributed by atoms with Crippen LogP contribution in [0.3, 0.4) is 0 Å². The van der Waals surface area contributed by atoms with Crippen LogP contribution in [0.1, 0.15) is 17.6 Å². The molecule has 0 aliphatic rings. The Bertz CT molecular complexity index is 430. The van der Waals surface area contributed by atoms with E-state index in [0.717, 1.165) is 0 Å². The van der Waals surface area contributed by atoms with Gasteiger partial charge in [-0.05, 0) is 12.0 Å². The molecule has 1 aromatic carbocycles. The number of carboxylic acids is 1. The minimum absolute atomic E-state index is 0.302. The average molecular weight is 259 g/mol. The predicted octanol–water partition coefficient (Wildman–Crippen LogP) is 0.707. The maximum absolute atomic E-state index is 11.3. The lowest BCUT2D eigenvalue weighted by Crippen LogP contribution is -2.31. The van der Waals surface area contributed by atoms with Gasteiger partial charge in [0, 0.05) is 0 Å². The van der Waals surface area contributed by atoms with Gasteiger partial charge in [-0.25, -0.2) is 0 Å². The van der Waals surface area contributed by atoms with Gasteiger partial charge in [0.25, 0.3) is 0 Å². The largest absolute Gasteiger partial charge is 0.480 e. The Morgan fingerprint density at radius 2 is 1.82 bits per heavy atom. The van der Waals surface area contributed by atoms with Crippen molar-refractivity contribution in [3.63, 3.8) is 0 Å². The van der Waals surface area contributed by atoms with Crippen LogP contribution in [-0.2, 0) is 9.36 Å². The molecule has 1 aromatic rings. The molecule has 17 heavy (non-hydrogen) atoms. The summed E-state index contributed by atoms with van der Waals surface area (Å²) >= 11 is 0. The van der Waals surface area contributed by atoms with Crippen molar-refractivity contribution in [1.29, 1.82) is 0 Å². The van der Waals surface area contributed by atoms with Gasteiger partial charge in [0.15, 0.2) is 0 Å². The molecular weight excluding hydrogens is 245 g/mol. The summed E-state index contributed by atoms with van der Waals surface area (Å²) in [6.45, 7) is 0. The highest BCUT2D eigenvalue weighted by Gasteiger charge is 2.33. The van der Waals surface area contributed by atoms with E-state index < -0.39 is 25.3 Å². The third-order valence-electron chi connectivity index (χ3n) is 2.38. The first-order valence-corrected chi connectivity index (χ1v) is 6.59. The van der Waals surface area contributed by atoms with Crippen LogP contribution in [0.2, 0.25) is 0 Å². The number of rotatable bonds is 5. The molecule has 94 valence electrons. The lowest BCUT2D eigenvalue weighted by Gasteiger charge is -2.20. The van der Waals surface area contributed by atoms with Gasteiger partial charge in [-0.3, -0.25) is 9.36 Å².